The van der Waals surface area contributed by atoms with Crippen molar-refractivity contribution in [3.63, 3.8) is 0 Å². The number of nitrogens with zero attached hydrogens (tertiary/aromatic N) is 1. The Morgan fingerprint density at radius 1 is 0.867 bits per heavy atom. The van der Waals surface area contributed by atoms with Gasteiger partial charge in [0, 0.05) is 6.61 Å². The summed E-state index contributed by atoms with van der Waals surface area (Å²) < 4.78 is 6.67. The van der Waals surface area contributed by atoms with E-state index >= 15 is 0 Å². The molecule has 0 aliphatic carbocycles. The highest BCUT2D eigenvalue weighted by Crippen LogP contribution is 2.08. The predicted molar refractivity (Wildman–Crippen MR) is 67.1 cm³/mol. The lowest BCUT2D eigenvalue weighted by molar-refractivity contribution is -0.910. The van der Waals surface area contributed by atoms with Crippen molar-refractivity contribution < 1.29 is 9.22 Å². The van der Waals surface area contributed by atoms with Crippen LogP contribution in [0.5, 0.6) is 0 Å². The van der Waals surface area contributed by atoms with Gasteiger partial charge in [0.05, 0.1) is 26.7 Å². The number of rotatable bonds is 10. The van der Waals surface area contributed by atoms with E-state index in [9.17, 15) is 0 Å². The summed E-state index contributed by atoms with van der Waals surface area (Å²) in [4.78, 5) is 0. The zero-order valence-corrected chi connectivity index (χ0v) is 11.2. The molecule has 0 fully saturated rings. The minimum atomic E-state index is 0.849. The third-order valence-corrected chi connectivity index (χ3v) is 3.08. The summed E-state index contributed by atoms with van der Waals surface area (Å²) in [6, 6.07) is 0. The predicted octanol–water partition coefficient (Wildman–Crippen LogP) is 3.07. The van der Waals surface area contributed by atoms with E-state index in [2.05, 4.69) is 27.8 Å². The van der Waals surface area contributed by atoms with Crippen LogP contribution in [-0.4, -0.2) is 44.4 Å². The Kier molecular flexibility index (Phi) is 9.12. The fourth-order valence-electron chi connectivity index (χ4n) is 1.84. The van der Waals surface area contributed by atoms with Crippen molar-refractivity contribution >= 4 is 0 Å². The average molecular weight is 216 g/mol. The first-order chi connectivity index (χ1) is 7.18. The molecule has 0 amide bonds. The van der Waals surface area contributed by atoms with Crippen LogP contribution in [0.3, 0.4) is 0 Å². The Balaban J connectivity index is 3.89. The van der Waals surface area contributed by atoms with Crippen LogP contribution in [0.25, 0.3) is 0 Å². The SMILES string of the molecule is CCCC[N+](C)(CCCC)CCOCC. The van der Waals surface area contributed by atoms with Crippen LogP contribution in [0.2, 0.25) is 0 Å². The molecule has 2 nitrogen and oxygen atoms in total. The lowest BCUT2D eigenvalue weighted by Crippen LogP contribution is -2.47. The second-order valence-electron chi connectivity index (χ2n) is 4.69. The molecule has 0 aliphatic rings. The first-order valence-corrected chi connectivity index (χ1v) is 6.59. The summed E-state index contributed by atoms with van der Waals surface area (Å²) in [6.07, 6.45) is 5.28. The molecule has 0 aromatic rings. The van der Waals surface area contributed by atoms with Crippen LogP contribution in [0, 0.1) is 0 Å². The van der Waals surface area contributed by atoms with Gasteiger partial charge in [-0.25, -0.2) is 0 Å². The van der Waals surface area contributed by atoms with E-state index in [0.717, 1.165) is 13.2 Å². The molecule has 0 unspecified atom stereocenters. The normalized spacial score (nSPS) is 12.0. The first-order valence-electron chi connectivity index (χ1n) is 6.59. The van der Waals surface area contributed by atoms with Crippen molar-refractivity contribution in [2.24, 2.45) is 0 Å². The van der Waals surface area contributed by atoms with Gasteiger partial charge >= 0.3 is 0 Å². The van der Waals surface area contributed by atoms with Gasteiger partial charge in [0.1, 0.15) is 6.54 Å². The molecule has 0 atom stereocenters. The van der Waals surface area contributed by atoms with E-state index < -0.39 is 0 Å². The van der Waals surface area contributed by atoms with Gasteiger partial charge in [0.2, 0.25) is 0 Å². The van der Waals surface area contributed by atoms with Crippen molar-refractivity contribution in [2.75, 3.05) is 39.9 Å². The highest BCUT2D eigenvalue weighted by Gasteiger charge is 2.19. The molecule has 0 saturated carbocycles. The molecule has 0 rings (SSSR count). The third-order valence-electron chi connectivity index (χ3n) is 3.08. The number of likely N-dealkylation sites (N-methyl/N-ethyl adjacent to an activating group) is 1. The zero-order chi connectivity index (χ0) is 11.6. The van der Waals surface area contributed by atoms with Crippen molar-refractivity contribution in [3.8, 4) is 0 Å². The molecule has 0 aromatic carbocycles. The third kappa shape index (κ3) is 7.80. The summed E-state index contributed by atoms with van der Waals surface area (Å²) in [7, 11) is 2.38. The Hall–Kier alpha value is -0.0800. The highest BCUT2D eigenvalue weighted by molar-refractivity contribution is 4.43. The molecule has 0 saturated heterocycles. The lowest BCUT2D eigenvalue weighted by Gasteiger charge is -2.34. The molecule has 0 aliphatic heterocycles. The van der Waals surface area contributed by atoms with Crippen LogP contribution in [0.4, 0.5) is 0 Å². The molecular weight excluding hydrogens is 186 g/mol. The van der Waals surface area contributed by atoms with Gasteiger partial charge in [-0.15, -0.1) is 0 Å². The van der Waals surface area contributed by atoms with Gasteiger partial charge < -0.3 is 9.22 Å². The number of hydrogen-bond acceptors (Lipinski definition) is 1. The van der Waals surface area contributed by atoms with Gasteiger partial charge in [0.15, 0.2) is 0 Å². The first kappa shape index (κ1) is 14.9. The van der Waals surface area contributed by atoms with Crippen molar-refractivity contribution in [3.05, 3.63) is 0 Å². The summed E-state index contributed by atoms with van der Waals surface area (Å²) >= 11 is 0. The van der Waals surface area contributed by atoms with Crippen LogP contribution >= 0.6 is 0 Å². The number of unbranched alkanes of at least 4 members (excludes halogenated alkanes) is 2. The molecule has 0 N–H and O–H groups in total. The highest BCUT2D eigenvalue weighted by atomic mass is 16.5. The van der Waals surface area contributed by atoms with Crippen LogP contribution < -0.4 is 0 Å². The molecule has 0 heterocycles. The Morgan fingerprint density at radius 3 is 1.80 bits per heavy atom. The number of hydrogen-bond donors (Lipinski definition) is 0. The maximum atomic E-state index is 5.47. The fraction of sp³-hybridized carbons (Fsp3) is 1.00. The topological polar surface area (TPSA) is 9.23 Å². The monoisotopic (exact) mass is 216 g/mol. The Morgan fingerprint density at radius 2 is 1.40 bits per heavy atom. The summed E-state index contributed by atoms with van der Waals surface area (Å²) in [5.74, 6) is 0. The van der Waals surface area contributed by atoms with Crippen molar-refractivity contribution in [1.29, 1.82) is 0 Å². The van der Waals surface area contributed by atoms with Crippen LogP contribution in [-0.2, 0) is 4.74 Å². The Labute approximate surface area is 96.2 Å². The number of ether oxygens (including phenoxy) is 1. The largest absolute Gasteiger partial charge is 0.376 e. The Bertz CT molecular complexity index is 128. The van der Waals surface area contributed by atoms with E-state index in [-0.39, 0.29) is 0 Å². The van der Waals surface area contributed by atoms with Gasteiger partial charge in [0.25, 0.3) is 0 Å². The van der Waals surface area contributed by atoms with Gasteiger partial charge in [-0.05, 0) is 19.8 Å². The minimum Gasteiger partial charge on any atom is -0.376 e. The smallest absolute Gasteiger partial charge is 0.102 e. The van der Waals surface area contributed by atoms with E-state index in [1.165, 1.54) is 49.8 Å². The molecule has 2 heteroatoms. The molecule has 0 bridgehead atoms. The summed E-state index contributed by atoms with van der Waals surface area (Å²) in [6.45, 7) is 12.2. The van der Waals surface area contributed by atoms with Gasteiger partial charge in [-0.1, -0.05) is 26.7 Å². The molecule has 0 radical (unpaired) electrons. The second kappa shape index (κ2) is 9.17. The van der Waals surface area contributed by atoms with E-state index in [1.807, 2.05) is 0 Å². The minimum absolute atomic E-state index is 0.849. The van der Waals surface area contributed by atoms with E-state index in [1.54, 1.807) is 0 Å². The van der Waals surface area contributed by atoms with Gasteiger partial charge in [-0.3, -0.25) is 0 Å². The molecule has 92 valence electrons. The second-order valence-corrected chi connectivity index (χ2v) is 4.69. The quantitative estimate of drug-likeness (QED) is 0.403. The van der Waals surface area contributed by atoms with Gasteiger partial charge in [-0.2, -0.15) is 0 Å². The molecule has 0 spiro atoms. The van der Waals surface area contributed by atoms with Crippen molar-refractivity contribution in [2.45, 2.75) is 46.5 Å². The fourth-order valence-corrected chi connectivity index (χ4v) is 1.84. The zero-order valence-electron chi connectivity index (χ0n) is 11.2. The maximum absolute atomic E-state index is 5.47. The average Bonchev–Trinajstić information content (AvgIpc) is 2.24. The van der Waals surface area contributed by atoms with Crippen LogP contribution in [0.1, 0.15) is 46.5 Å². The van der Waals surface area contributed by atoms with E-state index in [0.29, 0.717) is 0 Å². The lowest BCUT2D eigenvalue weighted by atomic mass is 10.2. The van der Waals surface area contributed by atoms with Crippen LogP contribution in [0.15, 0.2) is 0 Å². The molecular formula is C13H30NO+. The standard InChI is InChI=1S/C13H30NO/c1-5-8-10-14(4,11-9-6-2)12-13-15-7-3/h5-13H2,1-4H3/q+1. The molecule has 0 aromatic heterocycles. The number of quaternary nitrogens is 1. The van der Waals surface area contributed by atoms with E-state index in [4.69, 9.17) is 4.74 Å². The van der Waals surface area contributed by atoms with Crippen molar-refractivity contribution in [1.82, 2.24) is 0 Å². The summed E-state index contributed by atoms with van der Waals surface area (Å²) in [5, 5.41) is 0. The maximum Gasteiger partial charge on any atom is 0.102 e. The molecule has 15 heavy (non-hydrogen) atoms. The summed E-state index contributed by atoms with van der Waals surface area (Å²) in [5.41, 5.74) is 0.